The first kappa shape index (κ1) is 47.7. The Labute approximate surface area is 399 Å². The lowest BCUT2D eigenvalue weighted by molar-refractivity contribution is -0.140. The zero-order valence-electron chi connectivity index (χ0n) is 39.2. The van der Waals surface area contributed by atoms with Crippen LogP contribution >= 0.6 is 11.3 Å². The van der Waals surface area contributed by atoms with Crippen LogP contribution in [0.2, 0.25) is 0 Å². The van der Waals surface area contributed by atoms with Crippen molar-refractivity contribution in [2.75, 3.05) is 66.0 Å². The number of pyridine rings is 1. The van der Waals surface area contributed by atoms with Crippen LogP contribution in [-0.2, 0) is 30.5 Å². The highest BCUT2D eigenvalue weighted by Gasteiger charge is 2.39. The Kier molecular flexibility index (Phi) is 14.8. The van der Waals surface area contributed by atoms with Crippen LogP contribution < -0.4 is 15.4 Å². The van der Waals surface area contributed by atoms with Crippen molar-refractivity contribution < 1.29 is 42.3 Å². The van der Waals surface area contributed by atoms with E-state index in [9.17, 15) is 28.0 Å². The van der Waals surface area contributed by atoms with Crippen LogP contribution in [-0.4, -0.2) is 155 Å². The predicted octanol–water partition coefficient (Wildman–Crippen LogP) is 5.39. The Balaban J connectivity index is 0.795. The first-order valence-corrected chi connectivity index (χ1v) is 25.2. The van der Waals surface area contributed by atoms with Gasteiger partial charge in [-0.2, -0.15) is 0 Å². The molecule has 3 saturated heterocycles. The maximum absolute atomic E-state index is 14.8. The molecule has 4 amide bonds. The molecule has 0 bridgehead atoms. The summed E-state index contributed by atoms with van der Waals surface area (Å²) in [4.78, 5) is 73.3. The zero-order chi connectivity index (χ0) is 47.5. The smallest absolute Gasteiger partial charge is 0.270 e. The largest absolute Gasteiger partial charge is 0.489 e. The molecule has 19 heteroatoms. The lowest BCUT2D eigenvalue weighted by Crippen LogP contribution is -2.59. The minimum Gasteiger partial charge on any atom is -0.489 e. The molecular weight excluding hydrogens is 897 g/mol. The van der Waals surface area contributed by atoms with Gasteiger partial charge >= 0.3 is 0 Å². The molecule has 0 spiro atoms. The van der Waals surface area contributed by atoms with E-state index in [0.717, 1.165) is 92.6 Å². The predicted molar refractivity (Wildman–Crippen MR) is 253 cm³/mol. The highest BCUT2D eigenvalue weighted by molar-refractivity contribution is 7.17. The second-order valence-electron chi connectivity index (χ2n) is 19.1. The number of nitrogens with one attached hydrogen (secondary N) is 2. The van der Waals surface area contributed by atoms with Crippen molar-refractivity contribution in [2.24, 2.45) is 17.0 Å². The van der Waals surface area contributed by atoms with Crippen LogP contribution in [0, 0.1) is 23.5 Å². The summed E-state index contributed by atoms with van der Waals surface area (Å²) in [5.41, 5.74) is 1.31. The van der Waals surface area contributed by atoms with E-state index in [1.807, 2.05) is 24.4 Å². The van der Waals surface area contributed by atoms with Crippen molar-refractivity contribution in [3.05, 3.63) is 59.2 Å². The molecule has 2 unspecified atom stereocenters. The third kappa shape index (κ3) is 10.3. The molecule has 16 nitrogen and oxygen atoms in total. The molecule has 4 fully saturated rings. The zero-order valence-corrected chi connectivity index (χ0v) is 40.0. The van der Waals surface area contributed by atoms with Gasteiger partial charge in [-0.25, -0.2) is 8.78 Å². The molecule has 1 aliphatic carbocycles. The fraction of sp³-hybridized carbons (Fsp3) is 0.592. The summed E-state index contributed by atoms with van der Waals surface area (Å²) in [6, 6.07) is 6.13. The first-order chi connectivity index (χ1) is 32.9. The summed E-state index contributed by atoms with van der Waals surface area (Å²) in [7, 11) is 1.70. The standard InChI is InChI=1S/C49H63F2N9O7S/c1-30-42(27-56-17-12-35(13-18-56)66-41-11-15-53-38-14-23-68-45(38)41)67-55-47(30)65-29-34-10-7-16-59(34)43(61)28-60-39-26-37(51)36(50)24-33(39)25-40(60)48(63)57-19-21-58(22-20-57)49(64)44(32-8-5-4-6-9-32)54-46(62)31(2)52-3/h11,14-15,23-26,30-32,34-35,42,44,52H,4-10,12-13,16-22,27-29H2,1-3H3,(H,54,62)/t30?,31-,34-,42?,44-/m0/s1. The molecular formula is C49H63F2N9O7S. The van der Waals surface area contributed by atoms with E-state index in [4.69, 9.17) is 14.3 Å². The molecule has 366 valence electrons. The highest BCUT2D eigenvalue weighted by atomic mass is 32.1. The number of likely N-dealkylation sites (N-methyl/N-ethyl adjacent to an activating group) is 1. The van der Waals surface area contributed by atoms with Gasteiger partial charge in [0.25, 0.3) is 5.91 Å². The SMILES string of the molecule is CN[C@@H](C)C(=O)N[C@H](C(=O)N1CCN(C(=O)c2cc3cc(F)c(F)cc3n2CC(=O)N2CCC[C@H]2COC2=NOC(CN3CCC(Oc4ccnc5ccsc45)CC3)C2C)CC1)C1CCCCC1. The molecule has 5 aliphatic rings. The van der Waals surface area contributed by atoms with Crippen LogP contribution in [0.1, 0.15) is 82.1 Å². The number of ether oxygens (including phenoxy) is 2. The van der Waals surface area contributed by atoms with Gasteiger partial charge in [-0.1, -0.05) is 24.4 Å². The number of carbonyl (C=O) groups is 4. The molecule has 2 N–H and O–H groups in total. The van der Waals surface area contributed by atoms with E-state index in [1.165, 1.54) is 10.6 Å². The fourth-order valence-electron chi connectivity index (χ4n) is 10.5. The molecule has 4 aliphatic heterocycles. The van der Waals surface area contributed by atoms with Gasteiger partial charge in [0, 0.05) is 70.0 Å². The Morgan fingerprint density at radius 1 is 0.912 bits per heavy atom. The molecule has 3 aromatic heterocycles. The second-order valence-corrected chi connectivity index (χ2v) is 20.0. The maximum atomic E-state index is 14.8. The van der Waals surface area contributed by atoms with Crippen molar-refractivity contribution in [3.8, 4) is 5.75 Å². The van der Waals surface area contributed by atoms with Crippen LogP contribution in [0.3, 0.4) is 0 Å². The summed E-state index contributed by atoms with van der Waals surface area (Å²) in [6.45, 7) is 7.55. The summed E-state index contributed by atoms with van der Waals surface area (Å²) < 4.78 is 44.7. The van der Waals surface area contributed by atoms with Gasteiger partial charge in [-0.3, -0.25) is 29.1 Å². The lowest BCUT2D eigenvalue weighted by atomic mass is 9.83. The summed E-state index contributed by atoms with van der Waals surface area (Å²) in [6.07, 6.45) is 9.79. The topological polar surface area (TPSA) is 163 Å². The van der Waals surface area contributed by atoms with Crippen LogP contribution in [0.25, 0.3) is 21.1 Å². The number of amides is 4. The van der Waals surface area contributed by atoms with Crippen molar-refractivity contribution in [2.45, 2.75) is 109 Å². The molecule has 68 heavy (non-hydrogen) atoms. The van der Waals surface area contributed by atoms with Gasteiger partial charge in [-0.05, 0) is 95.0 Å². The number of halogens is 2. The average molecular weight is 960 g/mol. The number of oxime groups is 1. The number of likely N-dealkylation sites (tertiary alicyclic amines) is 2. The number of benzene rings is 1. The molecule has 1 aromatic carbocycles. The van der Waals surface area contributed by atoms with Gasteiger partial charge < -0.3 is 44.2 Å². The van der Waals surface area contributed by atoms with Crippen LogP contribution in [0.4, 0.5) is 8.78 Å². The van der Waals surface area contributed by atoms with Gasteiger partial charge in [0.15, 0.2) is 17.7 Å². The number of aromatic nitrogens is 2. The maximum Gasteiger partial charge on any atom is 0.270 e. The molecule has 9 rings (SSSR count). The first-order valence-electron chi connectivity index (χ1n) is 24.4. The van der Waals surface area contributed by atoms with E-state index in [2.05, 4.69) is 25.7 Å². The number of piperazine rings is 1. The number of piperidine rings is 1. The number of thiophene rings is 1. The van der Waals surface area contributed by atoms with E-state index in [-0.39, 0.29) is 98.3 Å². The van der Waals surface area contributed by atoms with E-state index in [0.29, 0.717) is 30.8 Å². The average Bonchev–Trinajstić information content (AvgIpc) is 4.18. The molecule has 0 radical (unpaired) electrons. The van der Waals surface area contributed by atoms with Crippen LogP contribution in [0.5, 0.6) is 5.75 Å². The molecule has 7 heterocycles. The Hall–Kier alpha value is -5.40. The van der Waals surface area contributed by atoms with Crippen molar-refractivity contribution >= 4 is 62.0 Å². The lowest BCUT2D eigenvalue weighted by Gasteiger charge is -2.39. The number of hydrogen-bond donors (Lipinski definition) is 2. The summed E-state index contributed by atoms with van der Waals surface area (Å²) in [5, 5.41) is 12.6. The quantitative estimate of drug-likeness (QED) is 0.168. The number of carbonyl (C=O) groups excluding carboxylic acids is 4. The normalized spacial score (nSPS) is 22.9. The van der Waals surface area contributed by atoms with Crippen LogP contribution in [0.15, 0.2) is 47.1 Å². The minimum atomic E-state index is -1.09. The minimum absolute atomic E-state index is 0.0316. The second kappa shape index (κ2) is 21.1. The molecule has 1 saturated carbocycles. The fourth-order valence-corrected chi connectivity index (χ4v) is 11.3. The number of fused-ring (bicyclic) bond motifs is 2. The van der Waals surface area contributed by atoms with Gasteiger partial charge in [0.05, 0.1) is 33.7 Å². The van der Waals surface area contributed by atoms with E-state index >= 15 is 0 Å². The van der Waals surface area contributed by atoms with E-state index in [1.54, 1.807) is 46.2 Å². The van der Waals surface area contributed by atoms with E-state index < -0.39 is 29.6 Å². The third-order valence-electron chi connectivity index (χ3n) is 14.8. The molecule has 5 atom stereocenters. The van der Waals surface area contributed by atoms with Crippen molar-refractivity contribution in [3.63, 3.8) is 0 Å². The van der Waals surface area contributed by atoms with Gasteiger partial charge in [-0.15, -0.1) is 11.3 Å². The van der Waals surface area contributed by atoms with Crippen molar-refractivity contribution in [1.29, 1.82) is 0 Å². The Bertz CT molecular complexity index is 2500. The number of nitrogens with zero attached hydrogens (tertiary/aromatic N) is 7. The highest BCUT2D eigenvalue weighted by Crippen LogP contribution is 2.33. The Morgan fingerprint density at radius 3 is 2.43 bits per heavy atom. The third-order valence-corrected chi connectivity index (χ3v) is 15.7. The number of hydrogen-bond acceptors (Lipinski definition) is 12. The Morgan fingerprint density at radius 2 is 1.66 bits per heavy atom. The number of rotatable bonds is 14. The van der Waals surface area contributed by atoms with Crippen molar-refractivity contribution in [1.82, 2.24) is 39.8 Å². The summed E-state index contributed by atoms with van der Waals surface area (Å²) >= 11 is 1.64. The molecule has 4 aromatic rings. The summed E-state index contributed by atoms with van der Waals surface area (Å²) in [5.74, 6) is -1.91. The van der Waals surface area contributed by atoms with Gasteiger partial charge in [0.1, 0.15) is 36.7 Å². The monoisotopic (exact) mass is 959 g/mol. The van der Waals surface area contributed by atoms with Gasteiger partial charge in [0.2, 0.25) is 23.6 Å².